The van der Waals surface area contributed by atoms with Crippen molar-refractivity contribution < 1.29 is 0 Å². The maximum absolute atomic E-state index is 4.54. The molecule has 102 valence electrons. The summed E-state index contributed by atoms with van der Waals surface area (Å²) in [6.45, 7) is 7.11. The highest BCUT2D eigenvalue weighted by molar-refractivity contribution is 7.09. The second kappa shape index (κ2) is 6.73. The minimum Gasteiger partial charge on any atom is -0.308 e. The fourth-order valence-electron chi connectivity index (χ4n) is 1.94. The van der Waals surface area contributed by atoms with Gasteiger partial charge in [-0.15, -0.1) is 11.3 Å². The molecule has 0 bridgehead atoms. The van der Waals surface area contributed by atoms with Crippen LogP contribution in [0.15, 0.2) is 17.6 Å². The summed E-state index contributed by atoms with van der Waals surface area (Å²) in [7, 11) is 0. The van der Waals surface area contributed by atoms with E-state index in [4.69, 9.17) is 0 Å². The smallest absolute Gasteiger partial charge is 0.125 e. The van der Waals surface area contributed by atoms with Gasteiger partial charge in [-0.3, -0.25) is 0 Å². The molecule has 1 N–H and O–H groups in total. The van der Waals surface area contributed by atoms with E-state index in [1.165, 1.54) is 0 Å². The second-order valence-corrected chi connectivity index (χ2v) is 5.56. The van der Waals surface area contributed by atoms with Crippen LogP contribution in [0.2, 0.25) is 0 Å². The molecule has 2 aromatic rings. The highest BCUT2D eigenvalue weighted by atomic mass is 32.1. The maximum Gasteiger partial charge on any atom is 0.125 e. The number of nitrogens with zero attached hydrogens (tertiary/aromatic N) is 3. The Morgan fingerprint density at radius 1 is 1.32 bits per heavy atom. The van der Waals surface area contributed by atoms with Crippen LogP contribution in [0.5, 0.6) is 0 Å². The van der Waals surface area contributed by atoms with Crippen LogP contribution >= 0.6 is 11.3 Å². The molecule has 0 aromatic carbocycles. The zero-order chi connectivity index (χ0) is 13.7. The van der Waals surface area contributed by atoms with Crippen LogP contribution < -0.4 is 5.32 Å². The molecule has 0 aliphatic rings. The number of thiazole rings is 1. The summed E-state index contributed by atoms with van der Waals surface area (Å²) in [6.07, 6.45) is 3.82. The molecular formula is C14H20N4S. The van der Waals surface area contributed by atoms with Crippen molar-refractivity contribution in [3.63, 3.8) is 0 Å². The maximum atomic E-state index is 4.54. The standard InChI is InChI=1S/C14H20N4S/c1-4-6-16-13(8-14-17-10(2)9-19-14)12-5-7-15-11(3)18-12/h5,7,9,13,16H,4,6,8H2,1-3H3. The van der Waals surface area contributed by atoms with Gasteiger partial charge in [0.1, 0.15) is 5.82 Å². The quantitative estimate of drug-likeness (QED) is 0.881. The lowest BCUT2D eigenvalue weighted by molar-refractivity contribution is 0.514. The predicted molar refractivity (Wildman–Crippen MR) is 78.4 cm³/mol. The number of rotatable bonds is 6. The van der Waals surface area contributed by atoms with E-state index in [0.29, 0.717) is 0 Å². The fraction of sp³-hybridized carbons (Fsp3) is 0.500. The summed E-state index contributed by atoms with van der Waals surface area (Å²) in [5.41, 5.74) is 2.14. The molecule has 0 saturated carbocycles. The van der Waals surface area contributed by atoms with Gasteiger partial charge in [0.15, 0.2) is 0 Å². The minimum absolute atomic E-state index is 0.215. The number of aryl methyl sites for hydroxylation is 2. The fourth-order valence-corrected chi connectivity index (χ4v) is 2.76. The molecule has 0 fully saturated rings. The van der Waals surface area contributed by atoms with Crippen molar-refractivity contribution in [1.82, 2.24) is 20.3 Å². The van der Waals surface area contributed by atoms with E-state index in [0.717, 1.165) is 41.6 Å². The molecular weight excluding hydrogens is 256 g/mol. The zero-order valence-corrected chi connectivity index (χ0v) is 12.5. The van der Waals surface area contributed by atoms with Gasteiger partial charge in [-0.05, 0) is 32.9 Å². The summed E-state index contributed by atoms with van der Waals surface area (Å²) in [5, 5.41) is 6.80. The van der Waals surface area contributed by atoms with Gasteiger partial charge in [-0.2, -0.15) is 0 Å². The summed E-state index contributed by atoms with van der Waals surface area (Å²) in [5.74, 6) is 0.816. The summed E-state index contributed by atoms with van der Waals surface area (Å²) in [4.78, 5) is 13.2. The molecule has 1 unspecified atom stereocenters. The third-order valence-electron chi connectivity index (χ3n) is 2.84. The molecule has 0 spiro atoms. The molecule has 19 heavy (non-hydrogen) atoms. The largest absolute Gasteiger partial charge is 0.308 e. The van der Waals surface area contributed by atoms with Crippen LogP contribution in [0.25, 0.3) is 0 Å². The van der Waals surface area contributed by atoms with Crippen LogP contribution in [0.1, 0.15) is 41.6 Å². The topological polar surface area (TPSA) is 50.7 Å². The Morgan fingerprint density at radius 3 is 2.79 bits per heavy atom. The van der Waals surface area contributed by atoms with Crippen molar-refractivity contribution in [1.29, 1.82) is 0 Å². The predicted octanol–water partition coefficient (Wildman–Crippen LogP) is 2.83. The van der Waals surface area contributed by atoms with Crippen molar-refractivity contribution in [2.45, 2.75) is 39.7 Å². The van der Waals surface area contributed by atoms with Crippen LogP contribution in [0, 0.1) is 13.8 Å². The summed E-state index contributed by atoms with van der Waals surface area (Å²) in [6, 6.07) is 2.20. The summed E-state index contributed by atoms with van der Waals surface area (Å²) < 4.78 is 0. The average molecular weight is 276 g/mol. The highest BCUT2D eigenvalue weighted by Gasteiger charge is 2.15. The molecule has 1 atom stereocenters. The lowest BCUT2D eigenvalue weighted by atomic mass is 10.1. The van der Waals surface area contributed by atoms with E-state index < -0.39 is 0 Å². The first-order valence-corrected chi connectivity index (χ1v) is 7.51. The Bertz CT molecular complexity index is 524. The summed E-state index contributed by atoms with van der Waals surface area (Å²) >= 11 is 1.72. The van der Waals surface area contributed by atoms with Crippen LogP contribution in [-0.4, -0.2) is 21.5 Å². The number of nitrogens with one attached hydrogen (secondary N) is 1. The molecule has 0 aliphatic carbocycles. The Hall–Kier alpha value is -1.33. The molecule has 0 radical (unpaired) electrons. The molecule has 2 aromatic heterocycles. The van der Waals surface area contributed by atoms with Crippen molar-refractivity contribution in [2.75, 3.05) is 6.54 Å². The van der Waals surface area contributed by atoms with Gasteiger partial charge in [0.2, 0.25) is 0 Å². The molecule has 0 aliphatic heterocycles. The zero-order valence-electron chi connectivity index (χ0n) is 11.7. The van der Waals surface area contributed by atoms with Crippen molar-refractivity contribution >= 4 is 11.3 Å². The average Bonchev–Trinajstić information content (AvgIpc) is 2.80. The molecule has 4 nitrogen and oxygen atoms in total. The van der Waals surface area contributed by atoms with Crippen LogP contribution in [-0.2, 0) is 6.42 Å². The molecule has 0 amide bonds. The second-order valence-electron chi connectivity index (χ2n) is 4.62. The third kappa shape index (κ3) is 4.08. The molecule has 2 heterocycles. The Balaban J connectivity index is 2.15. The van der Waals surface area contributed by atoms with E-state index >= 15 is 0 Å². The first kappa shape index (κ1) is 14.1. The van der Waals surface area contributed by atoms with Gasteiger partial charge in [0.25, 0.3) is 0 Å². The number of hydrogen-bond acceptors (Lipinski definition) is 5. The molecule has 2 rings (SSSR count). The number of hydrogen-bond donors (Lipinski definition) is 1. The minimum atomic E-state index is 0.215. The van der Waals surface area contributed by atoms with Crippen LogP contribution in [0.4, 0.5) is 0 Å². The van der Waals surface area contributed by atoms with Crippen molar-refractivity contribution in [3.05, 3.63) is 39.9 Å². The lowest BCUT2D eigenvalue weighted by Crippen LogP contribution is -2.25. The SMILES string of the molecule is CCCNC(Cc1nc(C)cs1)c1ccnc(C)n1. The van der Waals surface area contributed by atoms with E-state index in [-0.39, 0.29) is 6.04 Å². The van der Waals surface area contributed by atoms with Crippen molar-refractivity contribution in [2.24, 2.45) is 0 Å². The lowest BCUT2D eigenvalue weighted by Gasteiger charge is -2.17. The van der Waals surface area contributed by atoms with Gasteiger partial charge in [-0.1, -0.05) is 6.92 Å². The highest BCUT2D eigenvalue weighted by Crippen LogP contribution is 2.19. The van der Waals surface area contributed by atoms with Gasteiger partial charge in [0, 0.05) is 23.7 Å². The normalized spacial score (nSPS) is 12.6. The van der Waals surface area contributed by atoms with E-state index in [2.05, 4.69) is 32.6 Å². The van der Waals surface area contributed by atoms with E-state index in [9.17, 15) is 0 Å². The van der Waals surface area contributed by atoms with Gasteiger partial charge >= 0.3 is 0 Å². The Kier molecular flexibility index (Phi) is 4.99. The first-order valence-electron chi connectivity index (χ1n) is 6.63. The van der Waals surface area contributed by atoms with E-state index in [1.807, 2.05) is 26.1 Å². The Morgan fingerprint density at radius 2 is 2.16 bits per heavy atom. The van der Waals surface area contributed by atoms with Crippen molar-refractivity contribution in [3.8, 4) is 0 Å². The van der Waals surface area contributed by atoms with Gasteiger partial charge < -0.3 is 5.32 Å². The first-order chi connectivity index (χ1) is 9.19. The molecule has 0 saturated heterocycles. The molecule has 5 heteroatoms. The van der Waals surface area contributed by atoms with Gasteiger partial charge in [0.05, 0.1) is 16.7 Å². The number of aromatic nitrogens is 3. The van der Waals surface area contributed by atoms with Gasteiger partial charge in [-0.25, -0.2) is 15.0 Å². The van der Waals surface area contributed by atoms with Crippen LogP contribution in [0.3, 0.4) is 0 Å². The van der Waals surface area contributed by atoms with E-state index in [1.54, 1.807) is 11.3 Å². The Labute approximate surface area is 118 Å². The monoisotopic (exact) mass is 276 g/mol. The third-order valence-corrected chi connectivity index (χ3v) is 3.83.